The molecule has 2 aromatic rings. The number of hydrogen-bond donors (Lipinski definition) is 0. The fourth-order valence-electron chi connectivity index (χ4n) is 2.82. The van der Waals surface area contributed by atoms with E-state index in [2.05, 4.69) is 9.88 Å². The first-order chi connectivity index (χ1) is 12.2. The third-order valence-electron chi connectivity index (χ3n) is 4.14. The van der Waals surface area contributed by atoms with Gasteiger partial charge in [-0.3, -0.25) is 0 Å². The molecule has 1 aromatic carbocycles. The second-order valence-corrected chi connectivity index (χ2v) is 6.50. The van der Waals surface area contributed by atoms with Crippen molar-refractivity contribution in [2.75, 3.05) is 44.2 Å². The molecule has 0 N–H and O–H groups in total. The van der Waals surface area contributed by atoms with Gasteiger partial charge < -0.3 is 14.4 Å². The molecule has 1 aliphatic heterocycles. The maximum atomic E-state index is 6.53. The van der Waals surface area contributed by atoms with Gasteiger partial charge in [0.05, 0.1) is 26.0 Å². The minimum atomic E-state index is 0.486. The molecule has 5 nitrogen and oxygen atoms in total. The molecule has 2 heterocycles. The van der Waals surface area contributed by atoms with Gasteiger partial charge in [-0.05, 0) is 25.0 Å². The summed E-state index contributed by atoms with van der Waals surface area (Å²) >= 11 is 12.4. The standard InChI is InChI=1S/C18H21Cl2N3O2/c1-24-14-5-2-4-13(12-14)16-15(6-3-7-19)17(20)22-18(21-16)23-8-10-25-11-9-23/h2,4-5,12H,3,6-11H2,1H3. The van der Waals surface area contributed by atoms with Crippen molar-refractivity contribution < 1.29 is 9.47 Å². The number of benzene rings is 1. The summed E-state index contributed by atoms with van der Waals surface area (Å²) in [5.41, 5.74) is 2.72. The van der Waals surface area contributed by atoms with E-state index >= 15 is 0 Å². The number of ether oxygens (including phenoxy) is 2. The van der Waals surface area contributed by atoms with Crippen LogP contribution in [0.25, 0.3) is 11.3 Å². The fraction of sp³-hybridized carbons (Fsp3) is 0.444. The van der Waals surface area contributed by atoms with Gasteiger partial charge in [0.2, 0.25) is 5.95 Å². The molecule has 1 fully saturated rings. The summed E-state index contributed by atoms with van der Waals surface area (Å²) in [6.07, 6.45) is 1.55. The smallest absolute Gasteiger partial charge is 0.227 e. The fourth-order valence-corrected chi connectivity index (χ4v) is 3.22. The first-order valence-electron chi connectivity index (χ1n) is 8.32. The Labute approximate surface area is 157 Å². The maximum absolute atomic E-state index is 6.53. The van der Waals surface area contributed by atoms with Gasteiger partial charge in [0.25, 0.3) is 0 Å². The SMILES string of the molecule is COc1cccc(-c2nc(N3CCOCC3)nc(Cl)c2CCCCl)c1. The molecule has 3 rings (SSSR count). The Morgan fingerprint density at radius 3 is 2.76 bits per heavy atom. The highest BCUT2D eigenvalue weighted by Crippen LogP contribution is 2.32. The van der Waals surface area contributed by atoms with E-state index < -0.39 is 0 Å². The molecule has 0 spiro atoms. The monoisotopic (exact) mass is 381 g/mol. The number of methoxy groups -OCH3 is 1. The van der Waals surface area contributed by atoms with Crippen molar-refractivity contribution in [3.8, 4) is 17.0 Å². The summed E-state index contributed by atoms with van der Waals surface area (Å²) < 4.78 is 10.8. The Balaban J connectivity index is 2.05. The zero-order valence-corrected chi connectivity index (χ0v) is 15.7. The third kappa shape index (κ3) is 4.35. The summed E-state index contributed by atoms with van der Waals surface area (Å²) in [4.78, 5) is 11.5. The van der Waals surface area contributed by atoms with Gasteiger partial charge in [0.1, 0.15) is 10.9 Å². The lowest BCUT2D eigenvalue weighted by Crippen LogP contribution is -2.37. The van der Waals surface area contributed by atoms with Gasteiger partial charge in [0, 0.05) is 30.1 Å². The highest BCUT2D eigenvalue weighted by molar-refractivity contribution is 6.30. The number of hydrogen-bond acceptors (Lipinski definition) is 5. The first-order valence-corrected chi connectivity index (χ1v) is 9.23. The second-order valence-electron chi connectivity index (χ2n) is 5.77. The third-order valence-corrected chi connectivity index (χ3v) is 4.72. The molecule has 0 bridgehead atoms. The molecular formula is C18H21Cl2N3O2. The van der Waals surface area contributed by atoms with Crippen LogP contribution < -0.4 is 9.64 Å². The van der Waals surface area contributed by atoms with Crippen molar-refractivity contribution in [3.63, 3.8) is 0 Å². The lowest BCUT2D eigenvalue weighted by molar-refractivity contribution is 0.122. The van der Waals surface area contributed by atoms with Crippen molar-refractivity contribution in [2.24, 2.45) is 0 Å². The zero-order valence-electron chi connectivity index (χ0n) is 14.2. The quantitative estimate of drug-likeness (QED) is 0.562. The van der Waals surface area contributed by atoms with E-state index in [1.165, 1.54) is 0 Å². The van der Waals surface area contributed by atoms with Crippen molar-refractivity contribution in [1.82, 2.24) is 9.97 Å². The van der Waals surface area contributed by atoms with Gasteiger partial charge >= 0.3 is 0 Å². The first kappa shape index (κ1) is 18.2. The molecule has 0 amide bonds. The van der Waals surface area contributed by atoms with Crippen LogP contribution in [0.5, 0.6) is 5.75 Å². The average molecular weight is 382 g/mol. The van der Waals surface area contributed by atoms with Crippen LogP contribution in [0, 0.1) is 0 Å². The molecule has 25 heavy (non-hydrogen) atoms. The lowest BCUT2D eigenvalue weighted by Gasteiger charge is -2.27. The summed E-state index contributed by atoms with van der Waals surface area (Å²) in [5.74, 6) is 1.99. The number of anilines is 1. The number of halogens is 2. The molecule has 0 radical (unpaired) electrons. The van der Waals surface area contributed by atoms with E-state index in [9.17, 15) is 0 Å². The molecule has 7 heteroatoms. The van der Waals surface area contributed by atoms with Crippen LogP contribution in [-0.4, -0.2) is 49.3 Å². The Bertz CT molecular complexity index is 721. The topological polar surface area (TPSA) is 47.5 Å². The van der Waals surface area contributed by atoms with Crippen LogP contribution in [0.2, 0.25) is 5.15 Å². The van der Waals surface area contributed by atoms with Gasteiger partial charge in [-0.1, -0.05) is 23.7 Å². The molecule has 1 aliphatic rings. The summed E-state index contributed by atoms with van der Waals surface area (Å²) in [6, 6.07) is 7.83. The van der Waals surface area contributed by atoms with Crippen LogP contribution in [0.15, 0.2) is 24.3 Å². The van der Waals surface area contributed by atoms with E-state index in [0.29, 0.717) is 30.2 Å². The van der Waals surface area contributed by atoms with Crippen molar-refractivity contribution in [1.29, 1.82) is 0 Å². The van der Waals surface area contributed by atoms with Gasteiger partial charge in [0.15, 0.2) is 0 Å². The van der Waals surface area contributed by atoms with Gasteiger partial charge in [-0.15, -0.1) is 11.6 Å². The van der Waals surface area contributed by atoms with Gasteiger partial charge in [-0.25, -0.2) is 9.97 Å². The van der Waals surface area contributed by atoms with E-state index in [4.69, 9.17) is 37.7 Å². The molecule has 0 atom stereocenters. The highest BCUT2D eigenvalue weighted by atomic mass is 35.5. The Kier molecular flexibility index (Phi) is 6.34. The predicted octanol–water partition coefficient (Wildman–Crippen LogP) is 3.81. The van der Waals surface area contributed by atoms with Gasteiger partial charge in [-0.2, -0.15) is 0 Å². The number of alkyl halides is 1. The maximum Gasteiger partial charge on any atom is 0.227 e. The Hall–Kier alpha value is -1.56. The number of morpholine rings is 1. The predicted molar refractivity (Wildman–Crippen MR) is 101 cm³/mol. The molecule has 0 saturated carbocycles. The highest BCUT2D eigenvalue weighted by Gasteiger charge is 2.20. The molecule has 0 unspecified atom stereocenters. The minimum absolute atomic E-state index is 0.486. The minimum Gasteiger partial charge on any atom is -0.497 e. The molecule has 1 saturated heterocycles. The normalized spacial score (nSPS) is 14.6. The summed E-state index contributed by atoms with van der Waals surface area (Å²) in [5, 5.41) is 0.486. The van der Waals surface area contributed by atoms with Crippen molar-refractivity contribution in [3.05, 3.63) is 35.0 Å². The number of rotatable bonds is 6. The van der Waals surface area contributed by atoms with Crippen LogP contribution >= 0.6 is 23.2 Å². The van der Waals surface area contributed by atoms with E-state index in [1.807, 2.05) is 24.3 Å². The van der Waals surface area contributed by atoms with Crippen LogP contribution in [0.4, 0.5) is 5.95 Å². The van der Waals surface area contributed by atoms with E-state index in [0.717, 1.165) is 48.5 Å². The van der Waals surface area contributed by atoms with Crippen LogP contribution in [0.3, 0.4) is 0 Å². The van der Waals surface area contributed by atoms with E-state index in [-0.39, 0.29) is 0 Å². The lowest BCUT2D eigenvalue weighted by atomic mass is 10.0. The summed E-state index contributed by atoms with van der Waals surface area (Å²) in [7, 11) is 1.65. The summed E-state index contributed by atoms with van der Waals surface area (Å²) in [6.45, 7) is 2.86. The second kappa shape index (κ2) is 8.70. The molecule has 0 aliphatic carbocycles. The molecule has 134 valence electrons. The van der Waals surface area contributed by atoms with Crippen molar-refractivity contribution >= 4 is 29.2 Å². The molecule has 1 aromatic heterocycles. The average Bonchev–Trinajstić information content (AvgIpc) is 2.67. The zero-order chi connectivity index (χ0) is 17.6. The van der Waals surface area contributed by atoms with Crippen LogP contribution in [-0.2, 0) is 11.2 Å². The number of aromatic nitrogens is 2. The largest absolute Gasteiger partial charge is 0.497 e. The Morgan fingerprint density at radius 1 is 1.24 bits per heavy atom. The van der Waals surface area contributed by atoms with Crippen LogP contribution in [0.1, 0.15) is 12.0 Å². The Morgan fingerprint density at radius 2 is 2.04 bits per heavy atom. The van der Waals surface area contributed by atoms with E-state index in [1.54, 1.807) is 7.11 Å². The number of nitrogens with zero attached hydrogens (tertiary/aromatic N) is 3. The molecular weight excluding hydrogens is 361 g/mol. The van der Waals surface area contributed by atoms with Crippen molar-refractivity contribution in [2.45, 2.75) is 12.8 Å².